The molecule has 0 aliphatic rings. The number of benzene rings is 1. The van der Waals surface area contributed by atoms with E-state index in [1.165, 1.54) is 6.20 Å². The molecule has 1 atom stereocenters. The minimum absolute atomic E-state index is 0.128. The van der Waals surface area contributed by atoms with Crippen molar-refractivity contribution in [1.29, 1.82) is 0 Å². The van der Waals surface area contributed by atoms with E-state index in [2.05, 4.69) is 10.3 Å². The van der Waals surface area contributed by atoms with Crippen LogP contribution in [0, 0.1) is 0 Å². The van der Waals surface area contributed by atoms with Crippen molar-refractivity contribution in [2.75, 3.05) is 7.05 Å². The quantitative estimate of drug-likeness (QED) is 0.920. The summed E-state index contributed by atoms with van der Waals surface area (Å²) in [6, 6.07) is 9.45. The molecule has 0 fully saturated rings. The minimum atomic E-state index is -4.39. The Labute approximate surface area is 109 Å². The zero-order valence-corrected chi connectivity index (χ0v) is 10.3. The van der Waals surface area contributed by atoms with Gasteiger partial charge in [0.05, 0.1) is 11.6 Å². The third-order valence-electron chi connectivity index (χ3n) is 2.89. The molecule has 1 unspecified atom stereocenters. The number of hydrogen-bond donors (Lipinski definition) is 1. The van der Waals surface area contributed by atoms with Crippen molar-refractivity contribution in [2.24, 2.45) is 0 Å². The van der Waals surface area contributed by atoms with Crippen molar-refractivity contribution in [1.82, 2.24) is 10.3 Å². The maximum atomic E-state index is 13.0. The summed E-state index contributed by atoms with van der Waals surface area (Å²) in [5, 5.41) is 2.91. The first kappa shape index (κ1) is 13.5. The van der Waals surface area contributed by atoms with Crippen LogP contribution in [0.5, 0.6) is 0 Å². The second-order valence-electron chi connectivity index (χ2n) is 4.09. The number of hydrogen-bond acceptors (Lipinski definition) is 2. The number of pyridine rings is 1. The van der Waals surface area contributed by atoms with Crippen LogP contribution in [0.3, 0.4) is 0 Å². The lowest BCUT2D eigenvalue weighted by Gasteiger charge is -2.21. The van der Waals surface area contributed by atoms with E-state index in [0.29, 0.717) is 0 Å². The first-order chi connectivity index (χ1) is 9.04. The molecule has 0 amide bonds. The summed E-state index contributed by atoms with van der Waals surface area (Å²) in [5.41, 5.74) is 0.234. The van der Waals surface area contributed by atoms with Gasteiger partial charge in [-0.15, -0.1) is 0 Å². The average Bonchev–Trinajstić information content (AvgIpc) is 2.40. The third-order valence-corrected chi connectivity index (χ3v) is 2.89. The van der Waals surface area contributed by atoms with Gasteiger partial charge in [-0.05, 0) is 18.7 Å². The minimum Gasteiger partial charge on any atom is -0.309 e. The predicted octanol–water partition coefficient (Wildman–Crippen LogP) is 3.41. The molecule has 0 aliphatic carbocycles. The maximum absolute atomic E-state index is 13.0. The summed E-state index contributed by atoms with van der Waals surface area (Å²) in [6.07, 6.45) is -1.97. The molecule has 2 nitrogen and oxygen atoms in total. The molecule has 0 bridgehead atoms. The Balaban J connectivity index is 2.51. The monoisotopic (exact) mass is 266 g/mol. The Morgan fingerprint density at radius 3 is 2.37 bits per heavy atom. The van der Waals surface area contributed by atoms with Crippen molar-refractivity contribution in [3.8, 4) is 0 Å². The Morgan fingerprint density at radius 1 is 1.11 bits per heavy atom. The van der Waals surface area contributed by atoms with E-state index in [4.69, 9.17) is 0 Å². The zero-order chi connectivity index (χ0) is 13.9. The Bertz CT molecular complexity index is 538. The fourth-order valence-corrected chi connectivity index (χ4v) is 2.04. The maximum Gasteiger partial charge on any atom is 0.416 e. The number of aromatic nitrogens is 1. The molecule has 2 aromatic rings. The molecule has 0 saturated heterocycles. The standard InChI is InChI=1S/C14H13F3N2/c1-18-13(10-5-3-2-4-6-10)11-9-19-8-7-12(11)14(15,16)17/h2-9,13,18H,1H3. The van der Waals surface area contributed by atoms with E-state index in [-0.39, 0.29) is 5.56 Å². The van der Waals surface area contributed by atoms with Gasteiger partial charge in [0.2, 0.25) is 0 Å². The molecular weight excluding hydrogens is 253 g/mol. The van der Waals surface area contributed by atoms with Crippen LogP contribution in [0.15, 0.2) is 48.8 Å². The van der Waals surface area contributed by atoms with Crippen LogP contribution in [-0.2, 0) is 6.18 Å². The van der Waals surface area contributed by atoms with Gasteiger partial charge in [0.1, 0.15) is 0 Å². The van der Waals surface area contributed by atoms with Gasteiger partial charge in [-0.3, -0.25) is 4.98 Å². The molecule has 5 heteroatoms. The predicted molar refractivity (Wildman–Crippen MR) is 66.6 cm³/mol. The van der Waals surface area contributed by atoms with Crippen LogP contribution >= 0.6 is 0 Å². The SMILES string of the molecule is CNC(c1ccccc1)c1cnccc1C(F)(F)F. The van der Waals surface area contributed by atoms with Crippen molar-refractivity contribution in [2.45, 2.75) is 12.2 Å². The van der Waals surface area contributed by atoms with E-state index >= 15 is 0 Å². The third kappa shape index (κ3) is 2.93. The fraction of sp³-hybridized carbons (Fsp3) is 0.214. The van der Waals surface area contributed by atoms with E-state index in [1.54, 1.807) is 31.3 Å². The molecule has 1 N–H and O–H groups in total. The number of nitrogens with zero attached hydrogens (tertiary/aromatic N) is 1. The van der Waals surface area contributed by atoms with Gasteiger partial charge in [-0.1, -0.05) is 30.3 Å². The first-order valence-corrected chi connectivity index (χ1v) is 5.77. The molecule has 1 heterocycles. The van der Waals surface area contributed by atoms with E-state index < -0.39 is 17.8 Å². The number of alkyl halides is 3. The largest absolute Gasteiger partial charge is 0.416 e. The van der Waals surface area contributed by atoms with Gasteiger partial charge in [0.25, 0.3) is 0 Å². The van der Waals surface area contributed by atoms with Gasteiger partial charge >= 0.3 is 6.18 Å². The van der Waals surface area contributed by atoms with Gasteiger partial charge in [0, 0.05) is 18.0 Å². The highest BCUT2D eigenvalue weighted by atomic mass is 19.4. The lowest BCUT2D eigenvalue weighted by atomic mass is 9.96. The van der Waals surface area contributed by atoms with Crippen LogP contribution in [0.25, 0.3) is 0 Å². The van der Waals surface area contributed by atoms with Crippen molar-refractivity contribution in [3.63, 3.8) is 0 Å². The number of nitrogens with one attached hydrogen (secondary N) is 1. The first-order valence-electron chi connectivity index (χ1n) is 5.77. The van der Waals surface area contributed by atoms with Crippen molar-refractivity contribution in [3.05, 3.63) is 65.5 Å². The highest BCUT2D eigenvalue weighted by Crippen LogP contribution is 2.35. The summed E-state index contributed by atoms with van der Waals surface area (Å²) in [6.45, 7) is 0. The lowest BCUT2D eigenvalue weighted by Crippen LogP contribution is -2.22. The fourth-order valence-electron chi connectivity index (χ4n) is 2.04. The molecule has 0 aliphatic heterocycles. The molecule has 100 valence electrons. The van der Waals surface area contributed by atoms with Crippen LogP contribution < -0.4 is 5.32 Å². The van der Waals surface area contributed by atoms with Crippen LogP contribution in [-0.4, -0.2) is 12.0 Å². The molecule has 19 heavy (non-hydrogen) atoms. The molecular formula is C14H13F3N2. The lowest BCUT2D eigenvalue weighted by molar-refractivity contribution is -0.138. The van der Waals surface area contributed by atoms with Crippen LogP contribution in [0.4, 0.5) is 13.2 Å². The topological polar surface area (TPSA) is 24.9 Å². The van der Waals surface area contributed by atoms with Gasteiger partial charge in [-0.2, -0.15) is 13.2 Å². The molecule has 2 rings (SSSR count). The molecule has 0 spiro atoms. The normalized spacial score (nSPS) is 13.3. The van der Waals surface area contributed by atoms with Gasteiger partial charge in [0.15, 0.2) is 0 Å². The Kier molecular flexibility index (Phi) is 3.85. The Hall–Kier alpha value is -1.88. The van der Waals surface area contributed by atoms with Crippen LogP contribution in [0.2, 0.25) is 0 Å². The second kappa shape index (κ2) is 5.40. The molecule has 1 aromatic carbocycles. The summed E-state index contributed by atoms with van der Waals surface area (Å²) < 4.78 is 39.0. The summed E-state index contributed by atoms with van der Waals surface area (Å²) >= 11 is 0. The molecule has 0 radical (unpaired) electrons. The highest BCUT2D eigenvalue weighted by Gasteiger charge is 2.35. The van der Waals surface area contributed by atoms with E-state index in [0.717, 1.165) is 17.8 Å². The summed E-state index contributed by atoms with van der Waals surface area (Å²) in [5.74, 6) is 0. The Morgan fingerprint density at radius 2 is 1.79 bits per heavy atom. The molecule has 1 aromatic heterocycles. The smallest absolute Gasteiger partial charge is 0.309 e. The second-order valence-corrected chi connectivity index (χ2v) is 4.09. The number of halogens is 3. The van der Waals surface area contributed by atoms with Gasteiger partial charge in [-0.25, -0.2) is 0 Å². The molecule has 0 saturated carbocycles. The van der Waals surface area contributed by atoms with E-state index in [1.807, 2.05) is 6.07 Å². The average molecular weight is 266 g/mol. The van der Waals surface area contributed by atoms with Crippen molar-refractivity contribution < 1.29 is 13.2 Å². The van der Waals surface area contributed by atoms with Gasteiger partial charge < -0.3 is 5.32 Å². The summed E-state index contributed by atoms with van der Waals surface area (Å²) in [7, 11) is 1.63. The zero-order valence-electron chi connectivity index (χ0n) is 10.3. The number of rotatable bonds is 3. The van der Waals surface area contributed by atoms with E-state index in [9.17, 15) is 13.2 Å². The highest BCUT2D eigenvalue weighted by molar-refractivity contribution is 5.36. The summed E-state index contributed by atoms with van der Waals surface area (Å²) in [4.78, 5) is 3.81. The van der Waals surface area contributed by atoms with Crippen molar-refractivity contribution >= 4 is 0 Å². The van der Waals surface area contributed by atoms with Crippen LogP contribution in [0.1, 0.15) is 22.7 Å².